The molecule has 1 heterocycles. The first-order chi connectivity index (χ1) is 9.70. The number of nitrogens with zero attached hydrogens (tertiary/aromatic N) is 2. The van der Waals surface area contributed by atoms with Gasteiger partial charge in [0.2, 0.25) is 0 Å². The molecule has 0 unspecified atom stereocenters. The van der Waals surface area contributed by atoms with Crippen molar-refractivity contribution >= 4 is 65.0 Å². The number of aromatic nitrogens is 2. The van der Waals surface area contributed by atoms with Crippen molar-refractivity contribution in [2.45, 2.75) is 11.8 Å². The van der Waals surface area contributed by atoms with Gasteiger partial charge in [0.25, 0.3) is 10.0 Å². The van der Waals surface area contributed by atoms with Crippen LogP contribution in [0.25, 0.3) is 0 Å². The molecule has 0 atom stereocenters. The second-order valence-corrected chi connectivity index (χ2v) is 7.71. The third-order valence-electron chi connectivity index (χ3n) is 2.50. The first-order valence-corrected chi connectivity index (χ1v) is 8.92. The summed E-state index contributed by atoms with van der Waals surface area (Å²) < 4.78 is 27.8. The normalized spacial score (nSPS) is 11.4. The second-order valence-electron chi connectivity index (χ2n) is 4.08. The molecule has 1 aromatic heterocycles. The summed E-state index contributed by atoms with van der Waals surface area (Å²) >= 11 is 12.2. The summed E-state index contributed by atoms with van der Waals surface area (Å²) in [5.41, 5.74) is 6.45. The van der Waals surface area contributed by atoms with Crippen LogP contribution < -0.4 is 10.5 Å². The summed E-state index contributed by atoms with van der Waals surface area (Å²) in [7, 11) is -3.85. The molecule has 0 aliphatic rings. The SMILES string of the molecule is Cc1cc(S(=O)(=O)Nc2ncc(Br)nc2Br)cc(N)c1Cl. The van der Waals surface area contributed by atoms with Crippen LogP contribution in [0, 0.1) is 6.92 Å². The number of hydrogen-bond donors (Lipinski definition) is 2. The minimum atomic E-state index is -3.85. The molecule has 0 fully saturated rings. The lowest BCUT2D eigenvalue weighted by Gasteiger charge is -2.11. The smallest absolute Gasteiger partial charge is 0.263 e. The minimum absolute atomic E-state index is 0.00137. The highest BCUT2D eigenvalue weighted by Crippen LogP contribution is 2.28. The second kappa shape index (κ2) is 6.07. The molecule has 3 N–H and O–H groups in total. The lowest BCUT2D eigenvalue weighted by atomic mass is 10.2. The summed E-state index contributed by atoms with van der Waals surface area (Å²) in [6.45, 7) is 1.67. The molecule has 1 aromatic carbocycles. The quantitative estimate of drug-likeness (QED) is 0.691. The number of sulfonamides is 1. The summed E-state index contributed by atoms with van der Waals surface area (Å²) in [6.07, 6.45) is 1.38. The molecule has 2 aromatic rings. The van der Waals surface area contributed by atoms with E-state index in [4.69, 9.17) is 17.3 Å². The first-order valence-electron chi connectivity index (χ1n) is 5.47. The number of nitrogens with two attached hydrogens (primary N) is 1. The highest BCUT2D eigenvalue weighted by molar-refractivity contribution is 9.11. The van der Waals surface area contributed by atoms with Crippen molar-refractivity contribution in [1.29, 1.82) is 0 Å². The molecular weight excluding hydrogens is 447 g/mol. The zero-order valence-electron chi connectivity index (χ0n) is 10.6. The van der Waals surface area contributed by atoms with Gasteiger partial charge in [0.1, 0.15) is 4.60 Å². The number of nitrogen functional groups attached to an aromatic ring is 1. The molecule has 0 aliphatic carbocycles. The molecule has 0 saturated carbocycles. The molecule has 10 heteroatoms. The average Bonchev–Trinajstić information content (AvgIpc) is 2.38. The van der Waals surface area contributed by atoms with Crippen molar-refractivity contribution in [2.75, 3.05) is 10.5 Å². The fourth-order valence-corrected chi connectivity index (χ4v) is 3.81. The van der Waals surface area contributed by atoms with E-state index >= 15 is 0 Å². The van der Waals surface area contributed by atoms with E-state index in [0.29, 0.717) is 15.2 Å². The Morgan fingerprint density at radius 3 is 2.57 bits per heavy atom. The fraction of sp³-hybridized carbons (Fsp3) is 0.0909. The molecular formula is C11H9Br2ClN4O2S. The van der Waals surface area contributed by atoms with E-state index in [1.807, 2.05) is 0 Å². The Balaban J connectivity index is 2.43. The van der Waals surface area contributed by atoms with Crippen molar-refractivity contribution in [3.05, 3.63) is 38.1 Å². The standard InChI is InChI=1S/C11H9Br2ClN4O2S/c1-5-2-6(3-7(15)9(5)14)21(19,20)18-11-10(13)17-8(12)4-16-11/h2-4H,15H2,1H3,(H,16,18). The van der Waals surface area contributed by atoms with Gasteiger partial charge in [0.15, 0.2) is 10.4 Å². The summed E-state index contributed by atoms with van der Waals surface area (Å²) in [6, 6.07) is 2.72. The molecule has 0 saturated heterocycles. The van der Waals surface area contributed by atoms with Crippen molar-refractivity contribution in [3.8, 4) is 0 Å². The van der Waals surface area contributed by atoms with E-state index in [1.54, 1.807) is 6.92 Å². The van der Waals surface area contributed by atoms with Crippen molar-refractivity contribution in [3.63, 3.8) is 0 Å². The highest BCUT2D eigenvalue weighted by Gasteiger charge is 2.19. The Hall–Kier alpha value is -0.900. The molecule has 2 rings (SSSR count). The van der Waals surface area contributed by atoms with E-state index in [0.717, 1.165) is 0 Å². The molecule has 21 heavy (non-hydrogen) atoms. The van der Waals surface area contributed by atoms with Gasteiger partial charge in [0.05, 0.1) is 21.8 Å². The highest BCUT2D eigenvalue weighted by atomic mass is 79.9. The van der Waals surface area contributed by atoms with Gasteiger partial charge in [-0.1, -0.05) is 11.6 Å². The van der Waals surface area contributed by atoms with Crippen LogP contribution >= 0.6 is 43.5 Å². The van der Waals surface area contributed by atoms with Crippen LogP contribution in [0.2, 0.25) is 5.02 Å². The van der Waals surface area contributed by atoms with E-state index in [9.17, 15) is 8.42 Å². The number of nitrogens with one attached hydrogen (secondary N) is 1. The number of aryl methyl sites for hydroxylation is 1. The predicted octanol–water partition coefficient (Wildman–Crippen LogP) is 3.35. The van der Waals surface area contributed by atoms with Crippen LogP contribution in [0.15, 0.2) is 32.4 Å². The van der Waals surface area contributed by atoms with Crippen LogP contribution in [-0.2, 0) is 10.0 Å². The van der Waals surface area contributed by atoms with E-state index in [1.165, 1.54) is 18.3 Å². The number of anilines is 2. The van der Waals surface area contributed by atoms with Gasteiger partial charge >= 0.3 is 0 Å². The van der Waals surface area contributed by atoms with Crippen LogP contribution in [0.4, 0.5) is 11.5 Å². The van der Waals surface area contributed by atoms with Gasteiger partial charge in [0, 0.05) is 0 Å². The third-order valence-corrected chi connectivity index (χ3v) is 5.27. The summed E-state index contributed by atoms with van der Waals surface area (Å²) in [5.74, 6) is 0.0735. The zero-order valence-corrected chi connectivity index (χ0v) is 15.3. The Morgan fingerprint density at radius 2 is 2.00 bits per heavy atom. The maximum absolute atomic E-state index is 12.3. The third kappa shape index (κ3) is 3.65. The Bertz CT molecular complexity index is 791. The van der Waals surface area contributed by atoms with Crippen LogP contribution in [0.3, 0.4) is 0 Å². The number of halogens is 3. The van der Waals surface area contributed by atoms with Gasteiger partial charge in [-0.2, -0.15) is 0 Å². The van der Waals surface area contributed by atoms with Crippen LogP contribution in [0.5, 0.6) is 0 Å². The minimum Gasteiger partial charge on any atom is -0.397 e. The first kappa shape index (κ1) is 16.5. The summed E-state index contributed by atoms with van der Waals surface area (Å²) in [4.78, 5) is 7.94. The van der Waals surface area contributed by atoms with Gasteiger partial charge < -0.3 is 5.73 Å². The van der Waals surface area contributed by atoms with E-state index < -0.39 is 10.0 Å². The topological polar surface area (TPSA) is 98.0 Å². The Morgan fingerprint density at radius 1 is 1.33 bits per heavy atom. The van der Waals surface area contributed by atoms with Gasteiger partial charge in [-0.3, -0.25) is 4.72 Å². The number of rotatable bonds is 3. The fourth-order valence-electron chi connectivity index (χ4n) is 1.52. The number of benzene rings is 1. The van der Waals surface area contributed by atoms with Gasteiger partial charge in [-0.25, -0.2) is 18.4 Å². The maximum atomic E-state index is 12.3. The van der Waals surface area contributed by atoms with Gasteiger partial charge in [-0.15, -0.1) is 0 Å². The Kier molecular flexibility index (Phi) is 4.76. The molecule has 6 nitrogen and oxygen atoms in total. The lowest BCUT2D eigenvalue weighted by Crippen LogP contribution is -2.15. The lowest BCUT2D eigenvalue weighted by molar-refractivity contribution is 0.601. The summed E-state index contributed by atoms with van der Waals surface area (Å²) in [5, 5.41) is 0.332. The molecule has 0 aliphatic heterocycles. The maximum Gasteiger partial charge on any atom is 0.263 e. The van der Waals surface area contributed by atoms with Crippen molar-refractivity contribution in [1.82, 2.24) is 9.97 Å². The van der Waals surface area contributed by atoms with E-state index in [-0.39, 0.29) is 21.0 Å². The Labute approximate surface area is 143 Å². The molecule has 0 spiro atoms. The number of hydrogen-bond acceptors (Lipinski definition) is 5. The molecule has 112 valence electrons. The van der Waals surface area contributed by atoms with Crippen molar-refractivity contribution < 1.29 is 8.42 Å². The largest absolute Gasteiger partial charge is 0.397 e. The molecule has 0 amide bonds. The molecule has 0 bridgehead atoms. The van der Waals surface area contributed by atoms with Gasteiger partial charge in [-0.05, 0) is 56.5 Å². The molecule has 0 radical (unpaired) electrons. The predicted molar refractivity (Wildman–Crippen MR) is 88.8 cm³/mol. The van der Waals surface area contributed by atoms with Crippen molar-refractivity contribution in [2.24, 2.45) is 0 Å². The zero-order chi connectivity index (χ0) is 15.8. The van der Waals surface area contributed by atoms with Crippen LogP contribution in [0.1, 0.15) is 5.56 Å². The van der Waals surface area contributed by atoms with Crippen LogP contribution in [-0.4, -0.2) is 18.4 Å². The monoisotopic (exact) mass is 454 g/mol. The average molecular weight is 457 g/mol. The van der Waals surface area contributed by atoms with E-state index in [2.05, 4.69) is 46.5 Å².